The van der Waals surface area contributed by atoms with Crippen LogP contribution in [0.3, 0.4) is 0 Å². The molecule has 0 radical (unpaired) electrons. The summed E-state index contributed by atoms with van der Waals surface area (Å²) >= 11 is 12.4. The zero-order valence-electron chi connectivity index (χ0n) is 21.3. The molecule has 0 saturated heterocycles. The molecule has 2 aromatic carbocycles. The van der Waals surface area contributed by atoms with Gasteiger partial charge in [0, 0.05) is 18.8 Å². The van der Waals surface area contributed by atoms with Gasteiger partial charge in [0.15, 0.2) is 5.82 Å². The molecular formula is C27H33Cl2FN6O2. The number of unbranched alkanes of at least 4 members (excludes halogenated alkanes) is 2. The molecule has 4 N–H and O–H groups in total. The molecule has 1 atom stereocenters. The average molecular weight is 564 g/mol. The molecule has 8 nitrogen and oxygen atoms in total. The molecule has 0 fully saturated rings. The van der Waals surface area contributed by atoms with Crippen molar-refractivity contribution in [2.75, 3.05) is 32.0 Å². The number of halogens is 3. The number of nitrogens with one attached hydrogen (secondary N) is 4. The summed E-state index contributed by atoms with van der Waals surface area (Å²) in [5.41, 5.74) is 2.11. The van der Waals surface area contributed by atoms with E-state index in [4.69, 9.17) is 23.2 Å². The van der Waals surface area contributed by atoms with Gasteiger partial charge in [0.25, 0.3) is 5.91 Å². The summed E-state index contributed by atoms with van der Waals surface area (Å²) in [6, 6.07) is 12.2. The summed E-state index contributed by atoms with van der Waals surface area (Å²) in [5, 5.41) is 16.3. The van der Waals surface area contributed by atoms with Gasteiger partial charge in [-0.2, -0.15) is 5.10 Å². The van der Waals surface area contributed by atoms with E-state index in [2.05, 4.69) is 26.4 Å². The van der Waals surface area contributed by atoms with E-state index in [1.54, 1.807) is 6.07 Å². The third-order valence-electron chi connectivity index (χ3n) is 6.04. The molecular weight excluding hydrogens is 530 g/mol. The quantitative estimate of drug-likeness (QED) is 0.143. The van der Waals surface area contributed by atoms with Crippen LogP contribution in [0, 0.1) is 5.82 Å². The molecule has 0 aliphatic carbocycles. The second-order valence-corrected chi connectivity index (χ2v) is 9.56. The summed E-state index contributed by atoms with van der Waals surface area (Å²) in [5.74, 6) is -1.09. The van der Waals surface area contributed by atoms with Crippen LogP contribution in [0.1, 0.15) is 54.1 Å². The molecule has 0 saturated carbocycles. The Kier molecular flexibility index (Phi) is 11.9. The highest BCUT2D eigenvalue weighted by Crippen LogP contribution is 2.28. The van der Waals surface area contributed by atoms with E-state index in [1.807, 2.05) is 31.3 Å². The second kappa shape index (κ2) is 15.3. The third-order valence-corrected chi connectivity index (χ3v) is 6.69. The Morgan fingerprint density at radius 2 is 1.89 bits per heavy atom. The number of rotatable bonds is 16. The van der Waals surface area contributed by atoms with E-state index in [0.29, 0.717) is 19.4 Å². The van der Waals surface area contributed by atoms with Gasteiger partial charge in [-0.15, -0.1) is 0 Å². The normalized spacial score (nSPS) is 11.7. The minimum atomic E-state index is -0.674. The molecule has 204 valence electrons. The maximum absolute atomic E-state index is 14.5. The van der Waals surface area contributed by atoms with Crippen LogP contribution in [0.2, 0.25) is 10.2 Å². The van der Waals surface area contributed by atoms with Gasteiger partial charge in [0.1, 0.15) is 10.8 Å². The van der Waals surface area contributed by atoms with Crippen LogP contribution >= 0.6 is 23.2 Å². The van der Waals surface area contributed by atoms with Gasteiger partial charge in [-0.05, 0) is 62.7 Å². The van der Waals surface area contributed by atoms with E-state index in [1.165, 1.54) is 18.3 Å². The Hall–Kier alpha value is -3.14. The monoisotopic (exact) mass is 562 g/mol. The van der Waals surface area contributed by atoms with Crippen LogP contribution in [-0.4, -0.2) is 48.8 Å². The van der Waals surface area contributed by atoms with Gasteiger partial charge in [0.05, 0.1) is 22.8 Å². The zero-order valence-corrected chi connectivity index (χ0v) is 22.8. The fourth-order valence-corrected chi connectivity index (χ4v) is 4.48. The van der Waals surface area contributed by atoms with Crippen LogP contribution in [0.25, 0.3) is 5.69 Å². The van der Waals surface area contributed by atoms with E-state index in [0.717, 1.165) is 54.7 Å². The maximum Gasteiger partial charge on any atom is 0.256 e. The Morgan fingerprint density at radius 1 is 1.08 bits per heavy atom. The van der Waals surface area contributed by atoms with Crippen molar-refractivity contribution in [3.63, 3.8) is 0 Å². The molecule has 0 aliphatic rings. The molecule has 0 aliphatic heterocycles. The number of carbonyl (C=O) groups excluding carboxylic acids is 2. The van der Waals surface area contributed by atoms with Crippen LogP contribution < -0.4 is 21.3 Å². The first-order chi connectivity index (χ1) is 18.5. The van der Waals surface area contributed by atoms with Gasteiger partial charge < -0.3 is 21.3 Å². The number of benzene rings is 2. The van der Waals surface area contributed by atoms with Crippen molar-refractivity contribution >= 4 is 41.2 Å². The number of aromatic nitrogens is 2. The highest BCUT2D eigenvalue weighted by Gasteiger charge is 2.22. The Bertz CT molecular complexity index is 1210. The molecule has 11 heteroatoms. The van der Waals surface area contributed by atoms with Crippen LogP contribution in [-0.2, 0) is 4.79 Å². The number of hydrogen-bond acceptors (Lipinski definition) is 5. The SMILES string of the molecule is CNCCCNc1cccc(C(CCCCCNC=O)NC(=O)c2cnn(-c3cccc(Cl)c3F)c2Cl)c1. The van der Waals surface area contributed by atoms with Gasteiger partial charge in [-0.25, -0.2) is 9.07 Å². The molecule has 0 spiro atoms. The number of carbonyl (C=O) groups is 2. The van der Waals surface area contributed by atoms with Crippen molar-refractivity contribution in [3.8, 4) is 5.69 Å². The lowest BCUT2D eigenvalue weighted by molar-refractivity contribution is -0.109. The summed E-state index contributed by atoms with van der Waals surface area (Å²) < 4.78 is 15.7. The van der Waals surface area contributed by atoms with Gasteiger partial charge in [-0.1, -0.05) is 54.2 Å². The summed E-state index contributed by atoms with van der Waals surface area (Å²) in [6.45, 7) is 2.35. The van der Waals surface area contributed by atoms with E-state index in [-0.39, 0.29) is 27.5 Å². The fourth-order valence-electron chi connectivity index (χ4n) is 4.04. The van der Waals surface area contributed by atoms with Crippen molar-refractivity contribution in [3.05, 3.63) is 75.8 Å². The van der Waals surface area contributed by atoms with Gasteiger partial charge >= 0.3 is 0 Å². The topological polar surface area (TPSA) is 100 Å². The molecule has 1 unspecified atom stereocenters. The fraction of sp³-hybridized carbons (Fsp3) is 0.370. The lowest BCUT2D eigenvalue weighted by Crippen LogP contribution is -2.28. The smallest absolute Gasteiger partial charge is 0.256 e. The Balaban J connectivity index is 1.77. The lowest BCUT2D eigenvalue weighted by Gasteiger charge is -2.20. The van der Waals surface area contributed by atoms with E-state index < -0.39 is 11.7 Å². The van der Waals surface area contributed by atoms with Crippen molar-refractivity contribution in [2.24, 2.45) is 0 Å². The zero-order chi connectivity index (χ0) is 27.3. The van der Waals surface area contributed by atoms with Crippen LogP contribution in [0.4, 0.5) is 10.1 Å². The number of anilines is 1. The first kappa shape index (κ1) is 29.4. The Morgan fingerprint density at radius 3 is 2.68 bits per heavy atom. The van der Waals surface area contributed by atoms with Gasteiger partial charge in [-0.3, -0.25) is 9.59 Å². The summed E-state index contributed by atoms with van der Waals surface area (Å²) in [4.78, 5) is 23.8. The maximum atomic E-state index is 14.5. The summed E-state index contributed by atoms with van der Waals surface area (Å²) in [6.07, 6.45) is 6.25. The lowest BCUT2D eigenvalue weighted by atomic mass is 9.99. The van der Waals surface area contributed by atoms with E-state index >= 15 is 0 Å². The molecule has 3 rings (SSSR count). The van der Waals surface area contributed by atoms with Crippen LogP contribution in [0.5, 0.6) is 0 Å². The van der Waals surface area contributed by atoms with Crippen molar-refractivity contribution < 1.29 is 14.0 Å². The van der Waals surface area contributed by atoms with Gasteiger partial charge in [0.2, 0.25) is 6.41 Å². The highest BCUT2D eigenvalue weighted by atomic mass is 35.5. The number of hydrogen-bond donors (Lipinski definition) is 4. The first-order valence-electron chi connectivity index (χ1n) is 12.6. The highest BCUT2D eigenvalue weighted by molar-refractivity contribution is 6.33. The number of amides is 2. The van der Waals surface area contributed by atoms with Crippen molar-refractivity contribution in [1.82, 2.24) is 25.7 Å². The minimum Gasteiger partial charge on any atom is -0.385 e. The molecule has 1 heterocycles. The molecule has 38 heavy (non-hydrogen) atoms. The standard InChI is InChI=1S/C27H33Cl2FN6O2/c1-31-13-7-15-33-20-9-5-8-19(16-20)23(11-3-2-4-14-32-18-37)35-27(38)21-17-34-36(26(21)29)24-12-6-10-22(28)25(24)30/h5-6,8-10,12,16-18,23,31,33H,2-4,7,11,13-15H2,1H3,(H,32,37)(H,35,38). The molecule has 3 aromatic rings. The van der Waals surface area contributed by atoms with Crippen molar-refractivity contribution in [1.29, 1.82) is 0 Å². The predicted octanol–water partition coefficient (Wildman–Crippen LogP) is 5.12. The van der Waals surface area contributed by atoms with E-state index in [9.17, 15) is 14.0 Å². The Labute approximate surface area is 232 Å². The second-order valence-electron chi connectivity index (χ2n) is 8.79. The number of nitrogens with zero attached hydrogens (tertiary/aromatic N) is 2. The molecule has 2 amide bonds. The largest absolute Gasteiger partial charge is 0.385 e. The van der Waals surface area contributed by atoms with Crippen LogP contribution in [0.15, 0.2) is 48.7 Å². The van der Waals surface area contributed by atoms with Crippen molar-refractivity contribution in [2.45, 2.75) is 38.1 Å². The predicted molar refractivity (Wildman–Crippen MR) is 150 cm³/mol. The minimum absolute atomic E-state index is 0.0118. The summed E-state index contributed by atoms with van der Waals surface area (Å²) in [7, 11) is 1.92. The third kappa shape index (κ3) is 8.18. The molecule has 1 aromatic heterocycles. The molecule has 0 bridgehead atoms. The average Bonchev–Trinajstić information content (AvgIpc) is 3.30. The first-order valence-corrected chi connectivity index (χ1v) is 13.4.